The minimum atomic E-state index is -0.507. The van der Waals surface area contributed by atoms with E-state index in [9.17, 15) is 4.79 Å². The van der Waals surface area contributed by atoms with Crippen molar-refractivity contribution in [1.82, 2.24) is 5.32 Å². The summed E-state index contributed by atoms with van der Waals surface area (Å²) in [6.07, 6.45) is 0.856. The predicted octanol–water partition coefficient (Wildman–Crippen LogP) is 0.594. The average Bonchev–Trinajstić information content (AvgIpc) is 2.54. The number of likely N-dealkylation sites (N-methyl/N-ethyl adjacent to an activating group) is 1. The molecule has 0 radical (unpaired) electrons. The number of carbonyl (C=O) groups excluding carboxylic acids is 1. The molecule has 1 heterocycles. The average molecular weight is 236 g/mol. The van der Waals surface area contributed by atoms with Crippen LogP contribution in [0.15, 0.2) is 18.2 Å². The van der Waals surface area contributed by atoms with E-state index in [0.29, 0.717) is 24.7 Å². The van der Waals surface area contributed by atoms with Crippen LogP contribution in [0.4, 0.5) is 0 Å². The van der Waals surface area contributed by atoms with Crippen molar-refractivity contribution in [1.29, 1.82) is 0 Å². The van der Waals surface area contributed by atoms with E-state index in [1.54, 1.807) is 13.1 Å². The summed E-state index contributed by atoms with van der Waals surface area (Å²) >= 11 is 0. The fourth-order valence-electron chi connectivity index (χ4n) is 1.83. The summed E-state index contributed by atoms with van der Waals surface area (Å²) in [6, 6.07) is 4.92. The summed E-state index contributed by atoms with van der Waals surface area (Å²) in [5, 5.41) is 2.87. The Bertz CT molecular complexity index is 420. The van der Waals surface area contributed by atoms with E-state index in [1.165, 1.54) is 0 Å². The number of hydrogen-bond acceptors (Lipinski definition) is 4. The van der Waals surface area contributed by atoms with Crippen LogP contribution in [-0.4, -0.2) is 26.2 Å². The number of hydrogen-bond donors (Lipinski definition) is 2. The summed E-state index contributed by atoms with van der Waals surface area (Å²) in [6.45, 7) is 1.27. The van der Waals surface area contributed by atoms with E-state index in [-0.39, 0.29) is 0 Å². The minimum absolute atomic E-state index is 0.415. The van der Waals surface area contributed by atoms with Crippen LogP contribution >= 0.6 is 0 Å². The third-order valence-electron chi connectivity index (χ3n) is 2.68. The van der Waals surface area contributed by atoms with Gasteiger partial charge < -0.3 is 20.5 Å². The van der Waals surface area contributed by atoms with E-state index < -0.39 is 11.9 Å². The zero-order chi connectivity index (χ0) is 12.3. The minimum Gasteiger partial charge on any atom is -0.490 e. The van der Waals surface area contributed by atoms with Gasteiger partial charge in [0.05, 0.1) is 13.2 Å². The molecule has 0 saturated heterocycles. The summed E-state index contributed by atoms with van der Waals surface area (Å²) in [4.78, 5) is 11.3. The van der Waals surface area contributed by atoms with Gasteiger partial charge in [-0.3, -0.25) is 4.79 Å². The first-order valence-electron chi connectivity index (χ1n) is 5.58. The topological polar surface area (TPSA) is 73.6 Å². The van der Waals surface area contributed by atoms with Crippen LogP contribution in [-0.2, 0) is 4.79 Å². The van der Waals surface area contributed by atoms with Crippen molar-refractivity contribution in [3.63, 3.8) is 0 Å². The first kappa shape index (κ1) is 11.7. The van der Waals surface area contributed by atoms with Crippen LogP contribution in [0.5, 0.6) is 11.5 Å². The molecule has 1 aromatic carbocycles. The van der Waals surface area contributed by atoms with Crippen molar-refractivity contribution in [2.24, 2.45) is 5.73 Å². The molecule has 1 unspecified atom stereocenters. The summed E-state index contributed by atoms with van der Waals surface area (Å²) in [7, 11) is 1.69. The van der Waals surface area contributed by atoms with Gasteiger partial charge >= 0.3 is 0 Å². The molecule has 92 valence electrons. The number of ether oxygens (including phenoxy) is 2. The SMILES string of the molecule is CNC(C(N)=O)c1ccc2c(c1)OCCCO2. The molecule has 0 spiro atoms. The first-order valence-corrected chi connectivity index (χ1v) is 5.58. The molecule has 0 saturated carbocycles. The maximum atomic E-state index is 11.3. The monoisotopic (exact) mass is 236 g/mol. The molecule has 1 aliphatic rings. The molecule has 1 amide bonds. The van der Waals surface area contributed by atoms with E-state index in [4.69, 9.17) is 15.2 Å². The molecule has 1 aromatic rings. The number of rotatable bonds is 3. The van der Waals surface area contributed by atoms with E-state index >= 15 is 0 Å². The molecule has 0 bridgehead atoms. The van der Waals surface area contributed by atoms with Crippen LogP contribution < -0.4 is 20.5 Å². The number of fused-ring (bicyclic) bond motifs is 1. The van der Waals surface area contributed by atoms with Crippen molar-refractivity contribution in [2.75, 3.05) is 20.3 Å². The summed E-state index contributed by atoms with van der Waals surface area (Å²) < 4.78 is 11.1. The Morgan fingerprint density at radius 1 is 1.35 bits per heavy atom. The molecule has 5 heteroatoms. The van der Waals surface area contributed by atoms with Gasteiger partial charge in [-0.05, 0) is 24.7 Å². The molecule has 0 aliphatic carbocycles. The smallest absolute Gasteiger partial charge is 0.239 e. The van der Waals surface area contributed by atoms with Gasteiger partial charge in [-0.1, -0.05) is 6.07 Å². The Hall–Kier alpha value is -1.75. The lowest BCUT2D eigenvalue weighted by Crippen LogP contribution is -2.31. The second kappa shape index (κ2) is 5.05. The molecule has 3 N–H and O–H groups in total. The number of nitrogens with two attached hydrogens (primary N) is 1. The van der Waals surface area contributed by atoms with Crippen LogP contribution in [0.2, 0.25) is 0 Å². The van der Waals surface area contributed by atoms with Gasteiger partial charge in [0.1, 0.15) is 6.04 Å². The predicted molar refractivity (Wildman–Crippen MR) is 63.0 cm³/mol. The van der Waals surface area contributed by atoms with Gasteiger partial charge in [0.15, 0.2) is 11.5 Å². The molecular weight excluding hydrogens is 220 g/mol. The lowest BCUT2D eigenvalue weighted by atomic mass is 10.1. The second-order valence-corrected chi connectivity index (χ2v) is 3.88. The van der Waals surface area contributed by atoms with Gasteiger partial charge in [-0.15, -0.1) is 0 Å². The van der Waals surface area contributed by atoms with E-state index in [2.05, 4.69) is 5.32 Å². The first-order chi connectivity index (χ1) is 8.22. The van der Waals surface area contributed by atoms with Crippen molar-refractivity contribution in [3.8, 4) is 11.5 Å². The Kier molecular flexibility index (Phi) is 3.49. The van der Waals surface area contributed by atoms with Gasteiger partial charge in [0, 0.05) is 6.42 Å². The molecule has 2 rings (SSSR count). The Morgan fingerprint density at radius 2 is 2.06 bits per heavy atom. The second-order valence-electron chi connectivity index (χ2n) is 3.88. The van der Waals surface area contributed by atoms with Gasteiger partial charge in [-0.2, -0.15) is 0 Å². The Labute approximate surface area is 99.9 Å². The highest BCUT2D eigenvalue weighted by Crippen LogP contribution is 2.32. The third-order valence-corrected chi connectivity index (χ3v) is 2.68. The van der Waals surface area contributed by atoms with Crippen molar-refractivity contribution in [3.05, 3.63) is 23.8 Å². The summed E-state index contributed by atoms with van der Waals surface area (Å²) in [5.41, 5.74) is 6.09. The molecule has 17 heavy (non-hydrogen) atoms. The number of carbonyl (C=O) groups is 1. The Balaban J connectivity index is 2.31. The quantitative estimate of drug-likeness (QED) is 0.805. The zero-order valence-electron chi connectivity index (χ0n) is 9.73. The number of benzene rings is 1. The largest absolute Gasteiger partial charge is 0.490 e. The highest BCUT2D eigenvalue weighted by Gasteiger charge is 2.18. The summed E-state index contributed by atoms with van der Waals surface area (Å²) in [5.74, 6) is 0.967. The van der Waals surface area contributed by atoms with Crippen LogP contribution in [0.25, 0.3) is 0 Å². The van der Waals surface area contributed by atoms with Crippen molar-refractivity contribution < 1.29 is 14.3 Å². The normalized spacial score (nSPS) is 16.1. The highest BCUT2D eigenvalue weighted by atomic mass is 16.5. The van der Waals surface area contributed by atoms with Gasteiger partial charge in [-0.25, -0.2) is 0 Å². The highest BCUT2D eigenvalue weighted by molar-refractivity contribution is 5.81. The van der Waals surface area contributed by atoms with Crippen LogP contribution in [0.1, 0.15) is 18.0 Å². The number of amides is 1. The fraction of sp³-hybridized carbons (Fsp3) is 0.417. The molecule has 1 aliphatic heterocycles. The number of primary amides is 1. The van der Waals surface area contributed by atoms with Gasteiger partial charge in [0.2, 0.25) is 5.91 Å². The molecule has 1 atom stereocenters. The fourth-order valence-corrected chi connectivity index (χ4v) is 1.83. The molecule has 0 fully saturated rings. The lowest BCUT2D eigenvalue weighted by molar-refractivity contribution is -0.120. The lowest BCUT2D eigenvalue weighted by Gasteiger charge is -2.15. The van der Waals surface area contributed by atoms with Crippen LogP contribution in [0, 0.1) is 0 Å². The number of nitrogens with one attached hydrogen (secondary N) is 1. The van der Waals surface area contributed by atoms with Gasteiger partial charge in [0.25, 0.3) is 0 Å². The maximum Gasteiger partial charge on any atom is 0.239 e. The van der Waals surface area contributed by atoms with Crippen LogP contribution in [0.3, 0.4) is 0 Å². The van der Waals surface area contributed by atoms with E-state index in [0.717, 1.165) is 12.0 Å². The van der Waals surface area contributed by atoms with E-state index in [1.807, 2.05) is 12.1 Å². The Morgan fingerprint density at radius 3 is 2.71 bits per heavy atom. The maximum absolute atomic E-state index is 11.3. The third kappa shape index (κ3) is 2.50. The molecule has 0 aromatic heterocycles. The molecule has 5 nitrogen and oxygen atoms in total. The molecular formula is C12H16N2O3. The zero-order valence-corrected chi connectivity index (χ0v) is 9.73. The standard InChI is InChI=1S/C12H16N2O3/c1-14-11(12(13)15)8-3-4-9-10(7-8)17-6-2-5-16-9/h3-4,7,11,14H,2,5-6H2,1H3,(H2,13,15). The van der Waals surface area contributed by atoms with Crippen molar-refractivity contribution >= 4 is 5.91 Å². The van der Waals surface area contributed by atoms with Crippen molar-refractivity contribution in [2.45, 2.75) is 12.5 Å².